The van der Waals surface area contributed by atoms with Gasteiger partial charge in [-0.25, -0.2) is 9.97 Å². The summed E-state index contributed by atoms with van der Waals surface area (Å²) in [5.41, 5.74) is 4.21. The number of carbonyl (C=O) groups is 2. The standard InChI is InChI=1S/C58H61ClN8O7/c1-3-6-51(64-57(69)44(36-60)33-46-16-10-41-8-5-9-50(59)55(41)62-46)40-14-20-49(21-15-40)73-30-25-67-26-31-74-54(38-67)43-32-42-11-17-47(63-56(42)53(68)35-43)34-45(37-61)58(70)65-52(7-4-2)39-12-18-48(19-13-39)72-29-24-66-22-27-71-28-23-66/h5,8-21,32-35,51-52,54,68H,3-4,6-7,22-31,38H2,1-2H3,(H,64,69)(H,65,70). The van der Waals surface area contributed by atoms with Crippen LogP contribution in [0.1, 0.15) is 85.8 Å². The van der Waals surface area contributed by atoms with Crippen molar-refractivity contribution in [3.63, 3.8) is 0 Å². The number of nitriles is 2. The van der Waals surface area contributed by atoms with Gasteiger partial charge in [-0.05, 0) is 96.3 Å². The summed E-state index contributed by atoms with van der Waals surface area (Å²) in [6.45, 7) is 11.6. The maximum atomic E-state index is 13.5. The van der Waals surface area contributed by atoms with Gasteiger partial charge in [0.2, 0.25) is 0 Å². The first kappa shape index (κ1) is 52.9. The second-order valence-corrected chi connectivity index (χ2v) is 18.7. The summed E-state index contributed by atoms with van der Waals surface area (Å²) >= 11 is 6.34. The number of morpholine rings is 2. The molecule has 16 heteroatoms. The molecule has 3 N–H and O–H groups in total. The van der Waals surface area contributed by atoms with E-state index in [4.69, 9.17) is 30.5 Å². The van der Waals surface area contributed by atoms with Crippen molar-refractivity contribution in [2.24, 2.45) is 0 Å². The van der Waals surface area contributed by atoms with Crippen molar-refractivity contribution >= 4 is 57.4 Å². The van der Waals surface area contributed by atoms with Crippen LogP contribution in [-0.2, 0) is 19.1 Å². The molecule has 4 aromatic carbocycles. The van der Waals surface area contributed by atoms with Gasteiger partial charge in [0, 0.05) is 50.0 Å². The predicted octanol–water partition coefficient (Wildman–Crippen LogP) is 9.43. The van der Waals surface area contributed by atoms with Crippen molar-refractivity contribution in [1.29, 1.82) is 10.5 Å². The number of rotatable bonds is 21. The number of pyridine rings is 2. The van der Waals surface area contributed by atoms with Crippen LogP contribution in [0.3, 0.4) is 0 Å². The number of phenolic OH excluding ortho intramolecular Hbond substituents is 1. The highest BCUT2D eigenvalue weighted by Gasteiger charge is 2.25. The van der Waals surface area contributed by atoms with Crippen LogP contribution in [0.2, 0.25) is 5.02 Å². The van der Waals surface area contributed by atoms with E-state index in [0.717, 1.165) is 73.5 Å². The van der Waals surface area contributed by atoms with E-state index in [9.17, 15) is 25.2 Å². The summed E-state index contributed by atoms with van der Waals surface area (Å²) in [6.07, 6.45) is 5.58. The molecule has 2 aliphatic heterocycles. The van der Waals surface area contributed by atoms with Gasteiger partial charge in [-0.15, -0.1) is 0 Å². The Labute approximate surface area is 437 Å². The molecule has 3 unspecified atom stereocenters. The molecule has 0 saturated carbocycles. The van der Waals surface area contributed by atoms with Crippen LogP contribution < -0.4 is 20.1 Å². The molecule has 3 atom stereocenters. The van der Waals surface area contributed by atoms with Crippen LogP contribution in [0.4, 0.5) is 0 Å². The third-order valence-electron chi connectivity index (χ3n) is 13.1. The van der Waals surface area contributed by atoms with E-state index < -0.39 is 11.8 Å². The molecule has 0 aliphatic carbocycles. The van der Waals surface area contributed by atoms with E-state index in [0.29, 0.717) is 90.9 Å². The van der Waals surface area contributed by atoms with Crippen LogP contribution in [0.15, 0.2) is 114 Å². The normalized spacial score (nSPS) is 16.5. The van der Waals surface area contributed by atoms with Crippen LogP contribution in [0, 0.1) is 22.7 Å². The highest BCUT2D eigenvalue weighted by molar-refractivity contribution is 6.35. The molecular weight excluding hydrogens is 956 g/mol. The molecule has 2 amide bonds. The van der Waals surface area contributed by atoms with Gasteiger partial charge in [-0.3, -0.25) is 19.4 Å². The lowest BCUT2D eigenvalue weighted by Gasteiger charge is -2.33. The largest absolute Gasteiger partial charge is 0.506 e. The molecule has 0 bridgehead atoms. The number of phenols is 1. The van der Waals surface area contributed by atoms with Gasteiger partial charge in [0.15, 0.2) is 0 Å². The predicted molar refractivity (Wildman–Crippen MR) is 285 cm³/mol. The number of nitrogens with zero attached hydrogens (tertiary/aromatic N) is 6. The summed E-state index contributed by atoms with van der Waals surface area (Å²) in [4.78, 5) is 40.7. The third-order valence-corrected chi connectivity index (χ3v) is 13.4. The third kappa shape index (κ3) is 14.0. The Hall–Kier alpha value is -7.37. The molecule has 0 spiro atoms. The molecule has 2 aromatic heterocycles. The first-order chi connectivity index (χ1) is 36.1. The van der Waals surface area contributed by atoms with Gasteiger partial charge in [-0.2, -0.15) is 10.5 Å². The van der Waals surface area contributed by atoms with Crippen molar-refractivity contribution in [2.45, 2.75) is 57.7 Å². The van der Waals surface area contributed by atoms with E-state index in [1.54, 1.807) is 24.3 Å². The maximum absolute atomic E-state index is 13.5. The SMILES string of the molecule is CCCC(NC(=O)C(C#N)=Cc1ccc2cc(C3CN(CCOc4ccc(C(CCC)NC(=O)C(C#N)=Cc5ccc6cccc(Cl)c6n5)cc4)CCO3)cc(O)c2n1)c1ccc(OCCN2CCOCC2)cc1. The van der Waals surface area contributed by atoms with Crippen LogP contribution >= 0.6 is 11.6 Å². The zero-order chi connectivity index (χ0) is 51.8. The number of hydrogen-bond donors (Lipinski definition) is 3. The van der Waals surface area contributed by atoms with Crippen molar-refractivity contribution in [2.75, 3.05) is 72.3 Å². The molecule has 6 aromatic rings. The fraction of sp³-hybridized carbons (Fsp3) is 0.345. The molecule has 2 aliphatic rings. The van der Waals surface area contributed by atoms with Gasteiger partial charge in [0.05, 0.1) is 59.9 Å². The lowest BCUT2D eigenvalue weighted by molar-refractivity contribution is -0.118. The van der Waals surface area contributed by atoms with Crippen LogP contribution in [-0.4, -0.2) is 109 Å². The molecule has 0 radical (unpaired) electrons. The monoisotopic (exact) mass is 1020 g/mol. The molecule has 2 saturated heterocycles. The Morgan fingerprint density at radius 1 is 0.730 bits per heavy atom. The Morgan fingerprint density at radius 2 is 1.27 bits per heavy atom. The summed E-state index contributed by atoms with van der Waals surface area (Å²) in [5, 5.41) is 39.4. The second-order valence-electron chi connectivity index (χ2n) is 18.3. The van der Waals surface area contributed by atoms with E-state index >= 15 is 0 Å². The fourth-order valence-corrected chi connectivity index (χ4v) is 9.35. The number of aromatic hydroxyl groups is 1. The van der Waals surface area contributed by atoms with E-state index in [2.05, 4.69) is 30.4 Å². The lowest BCUT2D eigenvalue weighted by Crippen LogP contribution is -2.40. The average molecular weight is 1020 g/mol. The number of ether oxygens (including phenoxy) is 4. The van der Waals surface area contributed by atoms with E-state index in [1.165, 1.54) is 12.2 Å². The maximum Gasteiger partial charge on any atom is 0.262 e. The number of nitrogens with one attached hydrogen (secondary N) is 2. The molecule has 15 nitrogen and oxygen atoms in total. The minimum atomic E-state index is -0.511. The molecule has 8 rings (SSSR count). The number of aromatic nitrogens is 2. The van der Waals surface area contributed by atoms with E-state index in [1.807, 2.05) is 105 Å². The second kappa shape index (κ2) is 26.0. The fourth-order valence-electron chi connectivity index (χ4n) is 9.12. The van der Waals surface area contributed by atoms with Crippen molar-refractivity contribution in [1.82, 2.24) is 30.4 Å². The molecule has 382 valence electrons. The highest BCUT2D eigenvalue weighted by atomic mass is 35.5. The van der Waals surface area contributed by atoms with Crippen molar-refractivity contribution in [3.05, 3.63) is 147 Å². The lowest BCUT2D eigenvalue weighted by atomic mass is 10.0. The quantitative estimate of drug-likeness (QED) is 0.0456. The highest BCUT2D eigenvalue weighted by Crippen LogP contribution is 2.32. The van der Waals surface area contributed by atoms with E-state index in [-0.39, 0.29) is 35.1 Å². The number of para-hydroxylation sites is 1. The summed E-state index contributed by atoms with van der Waals surface area (Å²) in [5.74, 6) is 0.406. The number of carbonyl (C=O) groups excluding carboxylic acids is 2. The Balaban J connectivity index is 0.830. The number of benzene rings is 4. The first-order valence-corrected chi connectivity index (χ1v) is 25.6. The van der Waals surface area contributed by atoms with Gasteiger partial charge in [0.25, 0.3) is 11.8 Å². The smallest absolute Gasteiger partial charge is 0.262 e. The van der Waals surface area contributed by atoms with Crippen molar-refractivity contribution < 1.29 is 33.6 Å². The topological polar surface area (TPSA) is 195 Å². The minimum absolute atomic E-state index is 0.0356. The van der Waals surface area contributed by atoms with Gasteiger partial charge >= 0.3 is 0 Å². The summed E-state index contributed by atoms with van der Waals surface area (Å²) in [7, 11) is 0. The average Bonchev–Trinajstić information content (AvgIpc) is 3.42. The first-order valence-electron chi connectivity index (χ1n) is 25.2. The van der Waals surface area contributed by atoms with Gasteiger partial charge < -0.3 is 34.7 Å². The molecule has 2 fully saturated rings. The summed E-state index contributed by atoms with van der Waals surface area (Å²) < 4.78 is 23.7. The molecule has 74 heavy (non-hydrogen) atoms. The zero-order valence-corrected chi connectivity index (χ0v) is 42.5. The summed E-state index contributed by atoms with van der Waals surface area (Å²) in [6, 6.07) is 35.0. The molecule has 4 heterocycles. The number of amides is 2. The number of halogens is 1. The van der Waals surface area contributed by atoms with Gasteiger partial charge in [0.1, 0.15) is 59.3 Å². The number of fused-ring (bicyclic) bond motifs is 2. The number of hydrogen-bond acceptors (Lipinski definition) is 13. The van der Waals surface area contributed by atoms with Crippen LogP contribution in [0.25, 0.3) is 34.0 Å². The van der Waals surface area contributed by atoms with Crippen molar-refractivity contribution in [3.8, 4) is 29.4 Å². The Morgan fingerprint density at radius 3 is 1.84 bits per heavy atom. The zero-order valence-electron chi connectivity index (χ0n) is 41.8. The Kier molecular flexibility index (Phi) is 18.6. The minimum Gasteiger partial charge on any atom is -0.506 e. The molecular formula is C58H61ClN8O7. The van der Waals surface area contributed by atoms with Crippen LogP contribution in [0.5, 0.6) is 17.2 Å². The van der Waals surface area contributed by atoms with Gasteiger partial charge in [-0.1, -0.05) is 86.8 Å². The Bertz CT molecular complexity index is 3060.